The van der Waals surface area contributed by atoms with Crippen molar-refractivity contribution in [3.63, 3.8) is 0 Å². The maximum Gasteiger partial charge on any atom is 0.317 e. The van der Waals surface area contributed by atoms with Crippen LogP contribution in [0.3, 0.4) is 0 Å². The highest BCUT2D eigenvalue weighted by Crippen LogP contribution is 2.26. The molecule has 1 aromatic heterocycles. The van der Waals surface area contributed by atoms with E-state index in [0.717, 1.165) is 33.9 Å². The van der Waals surface area contributed by atoms with Gasteiger partial charge in [-0.25, -0.2) is 27.2 Å². The summed E-state index contributed by atoms with van der Waals surface area (Å²) in [4.78, 5) is 7.37. The van der Waals surface area contributed by atoms with E-state index in [2.05, 4.69) is 9.97 Å². The van der Waals surface area contributed by atoms with Crippen molar-refractivity contribution >= 4 is 10.0 Å². The molecule has 9 heteroatoms. The average molecular weight is 369 g/mol. The summed E-state index contributed by atoms with van der Waals surface area (Å²) >= 11 is 0. The Bertz CT molecular complexity index is 865. The molecule has 0 saturated carbocycles. The van der Waals surface area contributed by atoms with Crippen LogP contribution in [0.1, 0.15) is 17.8 Å². The molecule has 1 atom stereocenters. The van der Waals surface area contributed by atoms with Gasteiger partial charge in [-0.1, -0.05) is 6.07 Å². The van der Waals surface area contributed by atoms with Gasteiger partial charge in [0.2, 0.25) is 10.0 Å². The second kappa shape index (κ2) is 6.64. The van der Waals surface area contributed by atoms with E-state index in [-0.39, 0.29) is 19.1 Å². The molecule has 6 nitrogen and oxygen atoms in total. The Labute approximate surface area is 144 Å². The fraction of sp³-hybridized carbons (Fsp3) is 0.375. The van der Waals surface area contributed by atoms with E-state index in [1.54, 1.807) is 19.9 Å². The van der Waals surface area contributed by atoms with Crippen molar-refractivity contribution in [1.82, 2.24) is 14.3 Å². The maximum absolute atomic E-state index is 13.8. The fourth-order valence-electron chi connectivity index (χ4n) is 2.77. The van der Waals surface area contributed by atoms with Crippen molar-refractivity contribution < 1.29 is 21.9 Å². The molecule has 0 unspecified atom stereocenters. The monoisotopic (exact) mass is 369 g/mol. The van der Waals surface area contributed by atoms with E-state index < -0.39 is 32.7 Å². The molecule has 1 aliphatic rings. The lowest BCUT2D eigenvalue weighted by molar-refractivity contribution is 0.197. The molecular weight excluding hydrogens is 352 g/mol. The van der Waals surface area contributed by atoms with Crippen molar-refractivity contribution in [3.05, 3.63) is 47.3 Å². The van der Waals surface area contributed by atoms with Crippen molar-refractivity contribution in [2.24, 2.45) is 0 Å². The number of hydrogen-bond acceptors (Lipinski definition) is 5. The van der Waals surface area contributed by atoms with E-state index in [1.807, 2.05) is 0 Å². The van der Waals surface area contributed by atoms with E-state index in [0.29, 0.717) is 6.42 Å². The SMILES string of the molecule is Cc1cc(C)nc(O[C@H]2CCN(S(=O)(=O)c3c(F)cccc3F)C2)n1. The van der Waals surface area contributed by atoms with Crippen LogP contribution in [0.2, 0.25) is 0 Å². The fourth-order valence-corrected chi connectivity index (χ4v) is 4.36. The largest absolute Gasteiger partial charge is 0.459 e. The van der Waals surface area contributed by atoms with E-state index in [9.17, 15) is 17.2 Å². The van der Waals surface area contributed by atoms with Gasteiger partial charge in [0.1, 0.15) is 17.7 Å². The second-order valence-corrected chi connectivity index (χ2v) is 7.75. The topological polar surface area (TPSA) is 72.4 Å². The summed E-state index contributed by atoms with van der Waals surface area (Å²) in [6.07, 6.45) is -0.100. The molecule has 2 heterocycles. The van der Waals surface area contributed by atoms with Crippen molar-refractivity contribution in [1.29, 1.82) is 0 Å². The average Bonchev–Trinajstić information content (AvgIpc) is 2.95. The Morgan fingerprint density at radius 2 is 1.76 bits per heavy atom. The van der Waals surface area contributed by atoms with Gasteiger partial charge < -0.3 is 4.74 Å². The minimum Gasteiger partial charge on any atom is -0.459 e. The van der Waals surface area contributed by atoms with E-state index in [1.165, 1.54) is 0 Å². The zero-order valence-electron chi connectivity index (χ0n) is 13.7. The third kappa shape index (κ3) is 3.62. The normalized spacial score (nSPS) is 18.5. The minimum absolute atomic E-state index is 0.0214. The van der Waals surface area contributed by atoms with Gasteiger partial charge in [-0.3, -0.25) is 0 Å². The van der Waals surface area contributed by atoms with Crippen LogP contribution >= 0.6 is 0 Å². The van der Waals surface area contributed by atoms with Crippen LogP contribution < -0.4 is 4.74 Å². The highest BCUT2D eigenvalue weighted by atomic mass is 32.2. The molecule has 134 valence electrons. The van der Waals surface area contributed by atoms with Crippen LogP contribution in [0, 0.1) is 25.5 Å². The molecule has 3 rings (SSSR count). The molecule has 1 aromatic carbocycles. The molecular formula is C16H17F2N3O3S. The summed E-state index contributed by atoms with van der Waals surface area (Å²) in [6, 6.07) is 4.92. The number of aryl methyl sites for hydroxylation is 2. The van der Waals surface area contributed by atoms with E-state index >= 15 is 0 Å². The molecule has 1 saturated heterocycles. The number of ether oxygens (including phenoxy) is 1. The van der Waals surface area contributed by atoms with Crippen LogP contribution in [-0.4, -0.2) is 41.9 Å². The lowest BCUT2D eigenvalue weighted by Gasteiger charge is -2.17. The first-order valence-corrected chi connectivity index (χ1v) is 9.14. The number of sulfonamides is 1. The van der Waals surface area contributed by atoms with Crippen molar-refractivity contribution in [3.8, 4) is 6.01 Å². The van der Waals surface area contributed by atoms with Gasteiger partial charge >= 0.3 is 6.01 Å². The number of halogens is 2. The zero-order chi connectivity index (χ0) is 18.2. The molecule has 1 fully saturated rings. The first-order valence-electron chi connectivity index (χ1n) is 7.70. The lowest BCUT2D eigenvalue weighted by Crippen LogP contribution is -2.32. The summed E-state index contributed by atoms with van der Waals surface area (Å²) in [6.45, 7) is 3.68. The van der Waals surface area contributed by atoms with Crippen LogP contribution in [0.5, 0.6) is 6.01 Å². The number of benzene rings is 1. The molecule has 0 radical (unpaired) electrons. The summed E-state index contributed by atoms with van der Waals surface area (Å²) in [5.41, 5.74) is 1.47. The molecule has 0 aliphatic carbocycles. The third-order valence-corrected chi connectivity index (χ3v) is 5.78. The number of nitrogens with zero attached hydrogens (tertiary/aromatic N) is 3. The molecule has 2 aromatic rings. The summed E-state index contributed by atoms with van der Waals surface area (Å²) < 4.78 is 59.4. The first kappa shape index (κ1) is 17.7. The summed E-state index contributed by atoms with van der Waals surface area (Å²) in [7, 11) is -4.28. The molecule has 0 bridgehead atoms. The third-order valence-electron chi connectivity index (χ3n) is 3.86. The van der Waals surface area contributed by atoms with Gasteiger partial charge in [-0.2, -0.15) is 4.31 Å². The predicted molar refractivity (Wildman–Crippen MR) is 85.7 cm³/mol. The summed E-state index contributed by atoms with van der Waals surface area (Å²) in [5, 5.41) is 0. The van der Waals surface area contributed by atoms with Crippen LogP contribution in [0.25, 0.3) is 0 Å². The Balaban J connectivity index is 1.78. The quantitative estimate of drug-likeness (QED) is 0.826. The van der Waals surface area contributed by atoms with Gasteiger partial charge in [0, 0.05) is 17.9 Å². The Kier molecular flexibility index (Phi) is 4.70. The van der Waals surface area contributed by atoms with Gasteiger partial charge in [0.05, 0.1) is 6.54 Å². The highest BCUT2D eigenvalue weighted by Gasteiger charge is 2.37. The first-order chi connectivity index (χ1) is 11.8. The molecule has 0 spiro atoms. The number of rotatable bonds is 4. The molecule has 0 amide bonds. The van der Waals surface area contributed by atoms with E-state index in [4.69, 9.17) is 4.74 Å². The minimum atomic E-state index is -4.28. The summed E-state index contributed by atoms with van der Waals surface area (Å²) in [5.74, 6) is -2.22. The van der Waals surface area contributed by atoms with Gasteiger partial charge in [-0.15, -0.1) is 0 Å². The van der Waals surface area contributed by atoms with Crippen molar-refractivity contribution in [2.45, 2.75) is 31.3 Å². The Hall–Kier alpha value is -2.13. The standard InChI is InChI=1S/C16H17F2N3O3S/c1-10-8-11(2)20-16(19-10)24-12-6-7-21(9-12)25(22,23)15-13(17)4-3-5-14(15)18/h3-5,8,12H,6-7,9H2,1-2H3/t12-/m0/s1. The molecule has 0 N–H and O–H groups in total. The van der Waals surface area contributed by atoms with Gasteiger partial charge in [0.25, 0.3) is 0 Å². The Morgan fingerprint density at radius 3 is 2.36 bits per heavy atom. The lowest BCUT2D eigenvalue weighted by atomic mass is 10.3. The highest BCUT2D eigenvalue weighted by molar-refractivity contribution is 7.89. The van der Waals surface area contributed by atoms with Gasteiger partial charge in [-0.05, 0) is 38.5 Å². The van der Waals surface area contributed by atoms with Crippen LogP contribution in [0.15, 0.2) is 29.2 Å². The number of hydrogen-bond donors (Lipinski definition) is 0. The Morgan fingerprint density at radius 1 is 1.16 bits per heavy atom. The van der Waals surface area contributed by atoms with Crippen LogP contribution in [-0.2, 0) is 10.0 Å². The molecule has 1 aliphatic heterocycles. The predicted octanol–water partition coefficient (Wildman–Crippen LogP) is 2.21. The van der Waals surface area contributed by atoms with Crippen molar-refractivity contribution in [2.75, 3.05) is 13.1 Å². The maximum atomic E-state index is 13.8. The second-order valence-electron chi connectivity index (χ2n) is 5.88. The van der Waals surface area contributed by atoms with Crippen LogP contribution in [0.4, 0.5) is 8.78 Å². The number of aromatic nitrogens is 2. The zero-order valence-corrected chi connectivity index (χ0v) is 14.6. The molecule has 25 heavy (non-hydrogen) atoms. The smallest absolute Gasteiger partial charge is 0.317 e. The van der Waals surface area contributed by atoms with Gasteiger partial charge in [0.15, 0.2) is 4.90 Å².